The van der Waals surface area contributed by atoms with Crippen LogP contribution < -0.4 is 5.32 Å². The summed E-state index contributed by atoms with van der Waals surface area (Å²) in [6.45, 7) is 0.398. The SMILES string of the molecule is O=C(NCc1nc2ccccc2s1)c1cc2ccccc2o1. The van der Waals surface area contributed by atoms with Crippen LogP contribution in [0.3, 0.4) is 0 Å². The first-order valence-electron chi connectivity index (χ1n) is 6.91. The monoisotopic (exact) mass is 308 g/mol. The number of carbonyl (C=O) groups excluding carboxylic acids is 1. The lowest BCUT2D eigenvalue weighted by Gasteiger charge is -1.99. The maximum Gasteiger partial charge on any atom is 0.287 e. The van der Waals surface area contributed by atoms with Crippen LogP contribution in [-0.4, -0.2) is 10.9 Å². The summed E-state index contributed by atoms with van der Waals surface area (Å²) in [7, 11) is 0. The molecule has 22 heavy (non-hydrogen) atoms. The number of nitrogens with zero attached hydrogens (tertiary/aromatic N) is 1. The zero-order chi connectivity index (χ0) is 14.9. The number of fused-ring (bicyclic) bond motifs is 2. The molecule has 0 unspecified atom stereocenters. The number of benzene rings is 2. The van der Waals surface area contributed by atoms with Crippen molar-refractivity contribution >= 4 is 38.4 Å². The van der Waals surface area contributed by atoms with Crippen LogP contribution in [0.15, 0.2) is 59.0 Å². The quantitative estimate of drug-likeness (QED) is 0.623. The highest BCUT2D eigenvalue weighted by Gasteiger charge is 2.12. The van der Waals surface area contributed by atoms with E-state index in [0.29, 0.717) is 17.9 Å². The number of carbonyl (C=O) groups is 1. The molecule has 0 radical (unpaired) electrons. The van der Waals surface area contributed by atoms with Crippen LogP contribution in [0.1, 0.15) is 15.6 Å². The first kappa shape index (κ1) is 13.0. The molecular formula is C17H12N2O2S. The van der Waals surface area contributed by atoms with Gasteiger partial charge in [0, 0.05) is 5.39 Å². The van der Waals surface area contributed by atoms with Crippen molar-refractivity contribution in [1.82, 2.24) is 10.3 Å². The van der Waals surface area contributed by atoms with Gasteiger partial charge in [-0.3, -0.25) is 4.79 Å². The minimum atomic E-state index is -0.226. The van der Waals surface area contributed by atoms with Gasteiger partial charge in [-0.15, -0.1) is 11.3 Å². The number of aromatic nitrogens is 1. The van der Waals surface area contributed by atoms with Crippen molar-refractivity contribution in [3.8, 4) is 0 Å². The molecule has 0 aliphatic rings. The number of nitrogens with one attached hydrogen (secondary N) is 1. The maximum absolute atomic E-state index is 12.2. The fourth-order valence-electron chi connectivity index (χ4n) is 2.33. The predicted octanol–water partition coefficient (Wildman–Crippen LogP) is 3.97. The van der Waals surface area contributed by atoms with Crippen molar-refractivity contribution in [2.75, 3.05) is 0 Å². The average Bonchev–Trinajstić information content (AvgIpc) is 3.15. The number of para-hydroxylation sites is 2. The molecule has 0 spiro atoms. The standard InChI is InChI=1S/C17H12N2O2S/c20-17(14-9-11-5-1-3-7-13(11)21-14)18-10-16-19-12-6-2-4-8-15(12)22-16/h1-9H,10H2,(H,18,20). The molecule has 0 saturated heterocycles. The summed E-state index contributed by atoms with van der Waals surface area (Å²) in [6.07, 6.45) is 0. The van der Waals surface area contributed by atoms with Crippen molar-refractivity contribution in [3.63, 3.8) is 0 Å². The molecule has 0 fully saturated rings. The van der Waals surface area contributed by atoms with E-state index in [-0.39, 0.29) is 5.91 Å². The zero-order valence-electron chi connectivity index (χ0n) is 11.6. The first-order valence-corrected chi connectivity index (χ1v) is 7.72. The smallest absolute Gasteiger partial charge is 0.287 e. The van der Waals surface area contributed by atoms with Crippen LogP contribution >= 0.6 is 11.3 Å². The molecule has 2 heterocycles. The Bertz CT molecular complexity index is 905. The van der Waals surface area contributed by atoms with Gasteiger partial charge in [-0.1, -0.05) is 30.3 Å². The summed E-state index contributed by atoms with van der Waals surface area (Å²) < 4.78 is 6.67. The fraction of sp³-hybridized carbons (Fsp3) is 0.0588. The van der Waals surface area contributed by atoms with E-state index >= 15 is 0 Å². The van der Waals surface area contributed by atoms with Gasteiger partial charge < -0.3 is 9.73 Å². The molecule has 4 rings (SSSR count). The lowest BCUT2D eigenvalue weighted by molar-refractivity contribution is 0.0925. The molecule has 0 bridgehead atoms. The molecule has 4 aromatic rings. The molecule has 4 nitrogen and oxygen atoms in total. The topological polar surface area (TPSA) is 55.1 Å². The molecule has 0 saturated carbocycles. The molecule has 0 aliphatic carbocycles. The van der Waals surface area contributed by atoms with Crippen molar-refractivity contribution < 1.29 is 9.21 Å². The number of rotatable bonds is 3. The number of furan rings is 1. The summed E-state index contributed by atoms with van der Waals surface area (Å²) in [5, 5.41) is 4.66. The van der Waals surface area contributed by atoms with Gasteiger partial charge >= 0.3 is 0 Å². The van der Waals surface area contributed by atoms with Crippen LogP contribution in [0.4, 0.5) is 0 Å². The van der Waals surface area contributed by atoms with Gasteiger partial charge in [-0.05, 0) is 24.3 Å². The molecule has 1 amide bonds. The zero-order valence-corrected chi connectivity index (χ0v) is 12.4. The normalized spacial score (nSPS) is 11.1. The molecule has 1 N–H and O–H groups in total. The van der Waals surface area contributed by atoms with E-state index in [4.69, 9.17) is 4.42 Å². The summed E-state index contributed by atoms with van der Waals surface area (Å²) in [5.41, 5.74) is 1.67. The second-order valence-electron chi connectivity index (χ2n) is 4.91. The maximum atomic E-state index is 12.2. The Hall–Kier alpha value is -2.66. The highest BCUT2D eigenvalue weighted by molar-refractivity contribution is 7.18. The third-order valence-electron chi connectivity index (χ3n) is 3.39. The molecular weight excluding hydrogens is 296 g/mol. The van der Waals surface area contributed by atoms with Crippen LogP contribution in [0.5, 0.6) is 0 Å². The lowest BCUT2D eigenvalue weighted by atomic mass is 10.2. The minimum Gasteiger partial charge on any atom is -0.451 e. The van der Waals surface area contributed by atoms with Gasteiger partial charge in [0.25, 0.3) is 5.91 Å². The summed E-state index contributed by atoms with van der Waals surface area (Å²) >= 11 is 1.58. The fourth-order valence-corrected chi connectivity index (χ4v) is 3.24. The van der Waals surface area contributed by atoms with Gasteiger partial charge in [0.2, 0.25) is 0 Å². The minimum absolute atomic E-state index is 0.226. The van der Waals surface area contributed by atoms with Crippen LogP contribution in [0, 0.1) is 0 Å². The van der Waals surface area contributed by atoms with E-state index in [0.717, 1.165) is 20.6 Å². The van der Waals surface area contributed by atoms with E-state index < -0.39 is 0 Å². The second kappa shape index (κ2) is 5.27. The number of hydrogen-bond acceptors (Lipinski definition) is 4. The predicted molar refractivity (Wildman–Crippen MR) is 87.0 cm³/mol. The van der Waals surface area contributed by atoms with Crippen molar-refractivity contribution in [2.24, 2.45) is 0 Å². The molecule has 0 atom stereocenters. The van der Waals surface area contributed by atoms with Crippen molar-refractivity contribution in [2.45, 2.75) is 6.54 Å². The highest BCUT2D eigenvalue weighted by atomic mass is 32.1. The summed E-state index contributed by atoms with van der Waals surface area (Å²) in [5.74, 6) is 0.0952. The first-order chi connectivity index (χ1) is 10.8. The van der Waals surface area contributed by atoms with E-state index in [2.05, 4.69) is 10.3 Å². The van der Waals surface area contributed by atoms with Crippen LogP contribution in [0.25, 0.3) is 21.2 Å². The van der Waals surface area contributed by atoms with E-state index in [1.807, 2.05) is 48.5 Å². The molecule has 5 heteroatoms. The van der Waals surface area contributed by atoms with Crippen LogP contribution in [0.2, 0.25) is 0 Å². The average molecular weight is 308 g/mol. The Labute approximate surface area is 130 Å². The lowest BCUT2D eigenvalue weighted by Crippen LogP contribution is -2.22. The third kappa shape index (κ3) is 2.35. The highest BCUT2D eigenvalue weighted by Crippen LogP contribution is 2.22. The summed E-state index contributed by atoms with van der Waals surface area (Å²) in [6, 6.07) is 17.3. The van der Waals surface area contributed by atoms with Crippen molar-refractivity contribution in [1.29, 1.82) is 0 Å². The van der Waals surface area contributed by atoms with Gasteiger partial charge in [-0.2, -0.15) is 0 Å². The van der Waals surface area contributed by atoms with E-state index in [1.54, 1.807) is 17.4 Å². The Morgan fingerprint density at radius 3 is 2.82 bits per heavy atom. The molecule has 2 aromatic carbocycles. The molecule has 2 aromatic heterocycles. The van der Waals surface area contributed by atoms with E-state index in [9.17, 15) is 4.79 Å². The number of amides is 1. The second-order valence-corrected chi connectivity index (χ2v) is 6.02. The van der Waals surface area contributed by atoms with Gasteiger partial charge in [0.05, 0.1) is 16.8 Å². The Balaban J connectivity index is 1.51. The molecule has 108 valence electrons. The van der Waals surface area contributed by atoms with Gasteiger partial charge in [0.1, 0.15) is 10.6 Å². The van der Waals surface area contributed by atoms with E-state index in [1.165, 1.54) is 0 Å². The number of hydrogen-bond donors (Lipinski definition) is 1. The van der Waals surface area contributed by atoms with Gasteiger partial charge in [0.15, 0.2) is 5.76 Å². The largest absolute Gasteiger partial charge is 0.451 e. The Morgan fingerprint density at radius 2 is 1.95 bits per heavy atom. The number of thiazole rings is 1. The van der Waals surface area contributed by atoms with Crippen molar-refractivity contribution in [3.05, 3.63) is 65.4 Å². The van der Waals surface area contributed by atoms with Gasteiger partial charge in [-0.25, -0.2) is 4.98 Å². The Morgan fingerprint density at radius 1 is 1.14 bits per heavy atom. The summed E-state index contributed by atoms with van der Waals surface area (Å²) in [4.78, 5) is 16.7. The molecule has 0 aliphatic heterocycles. The van der Waals surface area contributed by atoms with Crippen LogP contribution in [-0.2, 0) is 6.54 Å². The third-order valence-corrected chi connectivity index (χ3v) is 4.42. The Kier molecular flexibility index (Phi) is 3.12.